The largest absolute Gasteiger partial charge is 0.478 e. The van der Waals surface area contributed by atoms with Crippen LogP contribution < -0.4 is 0 Å². The Kier molecular flexibility index (Phi) is 7.03. The molecule has 0 aliphatic carbocycles. The summed E-state index contributed by atoms with van der Waals surface area (Å²) in [6.45, 7) is 3.12. The minimum atomic E-state index is -1.37. The summed E-state index contributed by atoms with van der Waals surface area (Å²) in [6.07, 6.45) is 0. The summed E-state index contributed by atoms with van der Waals surface area (Å²) in [5, 5.41) is 18.5. The quantitative estimate of drug-likeness (QED) is 0.492. The number of carbonyl (C=O) groups is 5. The second-order valence-electron chi connectivity index (χ2n) is 5.90. The van der Waals surface area contributed by atoms with Crippen molar-refractivity contribution in [1.29, 1.82) is 0 Å². The van der Waals surface area contributed by atoms with Gasteiger partial charge in [0.25, 0.3) is 0 Å². The lowest BCUT2D eigenvalue weighted by Gasteiger charge is -2.10. The van der Waals surface area contributed by atoms with Crippen LogP contribution in [-0.4, -0.2) is 53.1 Å². The zero-order valence-corrected chi connectivity index (χ0v) is 16.1. The van der Waals surface area contributed by atoms with E-state index < -0.39 is 29.7 Å². The standard InChI is InChI=1S/C21H18O9/c1-3-29-20(27)15-9-11(5-7-13(15)18(23)24)17(22)12-6-8-14(19(25)26)16(10-12)21(28)30-4-2/h5-10H,3-4H2,1-2H3,(H,23,24)(H,25,26). The van der Waals surface area contributed by atoms with Gasteiger partial charge in [-0.2, -0.15) is 0 Å². The third-order valence-corrected chi connectivity index (χ3v) is 4.02. The number of carboxylic acid groups (broad SMARTS) is 2. The van der Waals surface area contributed by atoms with Crippen molar-refractivity contribution >= 4 is 29.7 Å². The summed E-state index contributed by atoms with van der Waals surface area (Å²) < 4.78 is 9.68. The fourth-order valence-corrected chi connectivity index (χ4v) is 2.67. The van der Waals surface area contributed by atoms with Crippen LogP contribution in [0.15, 0.2) is 36.4 Å². The highest BCUT2D eigenvalue weighted by molar-refractivity contribution is 6.13. The van der Waals surface area contributed by atoms with E-state index in [4.69, 9.17) is 9.47 Å². The van der Waals surface area contributed by atoms with E-state index in [9.17, 15) is 34.2 Å². The van der Waals surface area contributed by atoms with Gasteiger partial charge in [-0.3, -0.25) is 4.79 Å². The van der Waals surface area contributed by atoms with E-state index in [0.717, 1.165) is 24.3 Å². The van der Waals surface area contributed by atoms with Crippen molar-refractivity contribution in [2.24, 2.45) is 0 Å². The first kappa shape index (κ1) is 22.3. The summed E-state index contributed by atoms with van der Waals surface area (Å²) in [6, 6.07) is 6.78. The molecule has 2 N–H and O–H groups in total. The molecule has 156 valence electrons. The van der Waals surface area contributed by atoms with Crippen molar-refractivity contribution in [3.63, 3.8) is 0 Å². The van der Waals surface area contributed by atoms with Crippen LogP contribution >= 0.6 is 0 Å². The smallest absolute Gasteiger partial charge is 0.339 e. The lowest BCUT2D eigenvalue weighted by Crippen LogP contribution is -2.15. The van der Waals surface area contributed by atoms with Gasteiger partial charge in [-0.1, -0.05) is 12.1 Å². The maximum absolute atomic E-state index is 12.9. The third-order valence-electron chi connectivity index (χ3n) is 4.02. The fraction of sp³-hybridized carbons (Fsp3) is 0.190. The molecule has 0 unspecified atom stereocenters. The van der Waals surface area contributed by atoms with Gasteiger partial charge < -0.3 is 19.7 Å². The highest BCUT2D eigenvalue weighted by atomic mass is 16.5. The normalized spacial score (nSPS) is 10.2. The molecule has 0 atom stereocenters. The Morgan fingerprint density at radius 2 is 1.03 bits per heavy atom. The maximum atomic E-state index is 12.9. The van der Waals surface area contributed by atoms with Crippen LogP contribution in [0.25, 0.3) is 0 Å². The number of hydrogen-bond acceptors (Lipinski definition) is 7. The van der Waals surface area contributed by atoms with Crippen molar-refractivity contribution in [3.05, 3.63) is 69.8 Å². The number of carbonyl (C=O) groups excluding carboxylic acids is 3. The van der Waals surface area contributed by atoms with Crippen LogP contribution in [0.4, 0.5) is 0 Å². The molecule has 0 saturated heterocycles. The van der Waals surface area contributed by atoms with E-state index in [0.29, 0.717) is 0 Å². The topological polar surface area (TPSA) is 144 Å². The Bertz CT molecular complexity index is 955. The van der Waals surface area contributed by atoms with Gasteiger partial charge in [0.1, 0.15) is 0 Å². The zero-order valence-electron chi connectivity index (χ0n) is 16.1. The monoisotopic (exact) mass is 414 g/mol. The summed E-state index contributed by atoms with van der Waals surface area (Å²) in [7, 11) is 0. The van der Waals surface area contributed by atoms with Gasteiger partial charge in [-0.15, -0.1) is 0 Å². The summed E-state index contributed by atoms with van der Waals surface area (Å²) >= 11 is 0. The molecule has 2 aromatic carbocycles. The summed E-state index contributed by atoms with van der Waals surface area (Å²) in [5.74, 6) is -5.20. The maximum Gasteiger partial charge on any atom is 0.339 e. The van der Waals surface area contributed by atoms with Gasteiger partial charge in [0.05, 0.1) is 35.5 Å². The minimum absolute atomic E-state index is 0.00954. The van der Waals surface area contributed by atoms with Gasteiger partial charge in [0.2, 0.25) is 0 Å². The zero-order chi connectivity index (χ0) is 22.4. The van der Waals surface area contributed by atoms with Crippen LogP contribution in [0, 0.1) is 0 Å². The van der Waals surface area contributed by atoms with Crippen LogP contribution in [0.5, 0.6) is 0 Å². The Hall–Kier alpha value is -4.01. The number of esters is 2. The van der Waals surface area contributed by atoms with Crippen molar-refractivity contribution in [2.45, 2.75) is 13.8 Å². The van der Waals surface area contributed by atoms with E-state index >= 15 is 0 Å². The van der Waals surface area contributed by atoms with E-state index in [1.165, 1.54) is 12.1 Å². The SMILES string of the molecule is CCOC(=O)c1cc(C(=O)c2ccc(C(=O)O)c(C(=O)OCC)c2)ccc1C(=O)O. The Labute approximate surface area is 170 Å². The molecule has 0 aliphatic rings. The van der Waals surface area contributed by atoms with Crippen molar-refractivity contribution in [1.82, 2.24) is 0 Å². The first-order valence-corrected chi connectivity index (χ1v) is 8.84. The fourth-order valence-electron chi connectivity index (χ4n) is 2.67. The molecule has 0 aliphatic heterocycles. The molecule has 0 saturated carbocycles. The molecule has 0 bridgehead atoms. The minimum Gasteiger partial charge on any atom is -0.478 e. The molecule has 0 fully saturated rings. The van der Waals surface area contributed by atoms with Crippen LogP contribution in [0.1, 0.15) is 71.2 Å². The molecule has 2 rings (SSSR count). The number of carboxylic acids is 2. The Morgan fingerprint density at radius 1 is 0.667 bits per heavy atom. The summed E-state index contributed by atoms with van der Waals surface area (Å²) in [5.41, 5.74) is -1.36. The molecular weight excluding hydrogens is 396 g/mol. The predicted octanol–water partition coefficient (Wildman–Crippen LogP) is 2.67. The molecule has 0 radical (unpaired) electrons. The number of ether oxygens (including phenoxy) is 2. The Balaban J connectivity index is 2.54. The first-order valence-electron chi connectivity index (χ1n) is 8.84. The van der Waals surface area contributed by atoms with E-state index in [1.807, 2.05) is 0 Å². The molecule has 9 nitrogen and oxygen atoms in total. The average molecular weight is 414 g/mol. The highest BCUT2D eigenvalue weighted by Gasteiger charge is 2.23. The third kappa shape index (κ3) is 4.69. The number of rotatable bonds is 8. The van der Waals surface area contributed by atoms with Gasteiger partial charge in [-0.25, -0.2) is 19.2 Å². The van der Waals surface area contributed by atoms with Gasteiger partial charge >= 0.3 is 23.9 Å². The Morgan fingerprint density at radius 3 is 1.33 bits per heavy atom. The van der Waals surface area contributed by atoms with Gasteiger partial charge in [0.15, 0.2) is 5.78 Å². The second-order valence-corrected chi connectivity index (χ2v) is 5.90. The molecule has 9 heteroatoms. The van der Waals surface area contributed by atoms with Gasteiger partial charge in [-0.05, 0) is 38.1 Å². The second kappa shape index (κ2) is 9.46. The molecule has 0 spiro atoms. The first-order chi connectivity index (χ1) is 14.2. The molecule has 0 heterocycles. The van der Waals surface area contributed by atoms with Crippen molar-refractivity contribution in [2.75, 3.05) is 13.2 Å². The van der Waals surface area contributed by atoms with E-state index in [1.54, 1.807) is 13.8 Å². The molecule has 2 aromatic rings. The van der Waals surface area contributed by atoms with Crippen LogP contribution in [0.3, 0.4) is 0 Å². The van der Waals surface area contributed by atoms with E-state index in [2.05, 4.69) is 0 Å². The number of aromatic carboxylic acids is 2. The van der Waals surface area contributed by atoms with Crippen molar-refractivity contribution < 1.29 is 43.7 Å². The number of benzene rings is 2. The van der Waals surface area contributed by atoms with Gasteiger partial charge in [0, 0.05) is 11.1 Å². The lowest BCUT2D eigenvalue weighted by molar-refractivity contribution is 0.0509. The predicted molar refractivity (Wildman–Crippen MR) is 102 cm³/mol. The van der Waals surface area contributed by atoms with Crippen LogP contribution in [0.2, 0.25) is 0 Å². The van der Waals surface area contributed by atoms with Crippen LogP contribution in [-0.2, 0) is 9.47 Å². The number of ketones is 1. The van der Waals surface area contributed by atoms with E-state index in [-0.39, 0.29) is 46.6 Å². The van der Waals surface area contributed by atoms with Crippen molar-refractivity contribution in [3.8, 4) is 0 Å². The molecule has 0 amide bonds. The number of hydrogen-bond donors (Lipinski definition) is 2. The molecular formula is C21H18O9. The molecule has 0 aromatic heterocycles. The highest BCUT2D eigenvalue weighted by Crippen LogP contribution is 2.20. The molecule has 30 heavy (non-hydrogen) atoms. The summed E-state index contributed by atoms with van der Waals surface area (Å²) in [4.78, 5) is 59.8. The average Bonchev–Trinajstić information content (AvgIpc) is 2.72. The lowest BCUT2D eigenvalue weighted by atomic mass is 9.95.